The highest BCUT2D eigenvalue weighted by atomic mass is 16.6. The first-order valence-electron chi connectivity index (χ1n) is 27.5. The van der Waals surface area contributed by atoms with Crippen LogP contribution in [0, 0.1) is 0 Å². The third kappa shape index (κ3) is 52.2. The Morgan fingerprint density at radius 1 is 0.312 bits per heavy atom. The normalized spacial score (nSPS) is 11.6. The van der Waals surface area contributed by atoms with Crippen molar-refractivity contribution in [1.29, 1.82) is 0 Å². The minimum absolute atomic E-state index is 0. The maximum absolute atomic E-state index is 12.8. The first kappa shape index (κ1) is 63.7. The van der Waals surface area contributed by atoms with E-state index in [1.165, 1.54) is 173 Å². The Bertz CT molecular complexity index is 1010. The highest BCUT2D eigenvalue weighted by Gasteiger charge is 2.19. The lowest BCUT2D eigenvalue weighted by molar-refractivity contribution is -0.167. The molecule has 0 spiro atoms. The topological polar surface area (TPSA) is 114 Å². The maximum Gasteiger partial charge on any atom is 0.306 e. The minimum atomic E-state index is -0.781. The lowest BCUT2D eigenvalue weighted by Gasteiger charge is -2.18. The lowest BCUT2D eigenvalue weighted by Crippen LogP contribution is -2.30. The van der Waals surface area contributed by atoms with Gasteiger partial charge in [0, 0.05) is 19.3 Å². The Balaban J connectivity index is 0. The Kier molecular flexibility index (Phi) is 54.6. The van der Waals surface area contributed by atoms with Crippen molar-refractivity contribution in [2.75, 3.05) is 13.2 Å². The van der Waals surface area contributed by atoms with Crippen LogP contribution in [0.25, 0.3) is 0 Å². The van der Waals surface area contributed by atoms with Crippen molar-refractivity contribution in [2.24, 2.45) is 0 Å². The molecule has 0 aromatic rings. The molecule has 0 aromatic carbocycles. The quantitative estimate of drug-likeness (QED) is 0.0280. The summed E-state index contributed by atoms with van der Waals surface area (Å²) in [5.74, 6) is -0.893. The van der Waals surface area contributed by atoms with E-state index in [4.69, 9.17) is 14.2 Å². The number of carbonyl (C=O) groups is 3. The number of unbranched alkanes of at least 4 members (excludes halogenated alkanes) is 33. The smallest absolute Gasteiger partial charge is 0.306 e. The molecule has 0 atom stereocenters. The predicted molar refractivity (Wildman–Crippen MR) is 275 cm³/mol. The zero-order valence-corrected chi connectivity index (χ0v) is 42.8. The molecule has 0 amide bonds. The fraction of sp³-hybridized carbons (Fsp3) is 0.842. The van der Waals surface area contributed by atoms with Crippen LogP contribution in [0.4, 0.5) is 0 Å². The van der Waals surface area contributed by atoms with Crippen LogP contribution in [0.3, 0.4) is 0 Å². The average molecular weight is 902 g/mol. The summed E-state index contributed by atoms with van der Waals surface area (Å²) in [6.45, 7) is 6.63. The van der Waals surface area contributed by atoms with Crippen molar-refractivity contribution in [3.63, 3.8) is 0 Å². The van der Waals surface area contributed by atoms with Crippen molar-refractivity contribution < 1.29 is 28.6 Å². The molecule has 64 heavy (non-hydrogen) atoms. The van der Waals surface area contributed by atoms with Crippen LogP contribution < -0.4 is 6.15 Å². The number of hydrogen-bond acceptors (Lipinski definition) is 7. The van der Waals surface area contributed by atoms with Crippen molar-refractivity contribution in [3.8, 4) is 0 Å². The van der Waals surface area contributed by atoms with Gasteiger partial charge >= 0.3 is 17.9 Å². The van der Waals surface area contributed by atoms with Crippen LogP contribution in [-0.4, -0.2) is 37.2 Å². The SMILES string of the molecule is CCCCCCCC/C=C/CCCCCCCC(=O)OCC(COC(=O)CCCCCCC/C=C/CCCCCCCC)OC(=O)CCCCCCC/C=C/CCCCCCCC.N. The molecule has 0 radical (unpaired) electrons. The molecule has 0 unspecified atom stereocenters. The van der Waals surface area contributed by atoms with E-state index >= 15 is 0 Å². The van der Waals surface area contributed by atoms with Gasteiger partial charge in [-0.15, -0.1) is 0 Å². The van der Waals surface area contributed by atoms with E-state index in [0.717, 1.165) is 77.0 Å². The molecule has 376 valence electrons. The van der Waals surface area contributed by atoms with E-state index in [2.05, 4.69) is 57.2 Å². The molecule has 0 saturated carbocycles. The standard InChI is InChI=1S/C57H104O6.H3N/c1-4-7-10-13-16-19-22-25-28-31-34-37-40-43-46-49-55(58)61-52-54(63-57(60)51-48-45-42-39-36-33-30-27-24-21-18-15-12-9-6-3)53-62-56(59)50-47-44-41-38-35-32-29-26-23-20-17-14-11-8-5-2;/h25-30,54H,4-24,31-53H2,1-3H3;1H3/b28-25+,29-26+,30-27+;. The first-order chi connectivity index (χ1) is 31.0. The van der Waals surface area contributed by atoms with E-state index in [9.17, 15) is 14.4 Å². The van der Waals surface area contributed by atoms with Gasteiger partial charge in [-0.3, -0.25) is 14.4 Å². The van der Waals surface area contributed by atoms with E-state index < -0.39 is 6.10 Å². The summed E-state index contributed by atoms with van der Waals surface area (Å²) in [6, 6.07) is 0. The maximum atomic E-state index is 12.8. The molecular formula is C57H107NO6. The average Bonchev–Trinajstić information content (AvgIpc) is 3.28. The molecule has 0 rings (SSSR count). The third-order valence-corrected chi connectivity index (χ3v) is 12.1. The molecule has 3 N–H and O–H groups in total. The van der Waals surface area contributed by atoms with E-state index in [-0.39, 0.29) is 37.3 Å². The largest absolute Gasteiger partial charge is 0.462 e. The molecular weight excluding hydrogens is 795 g/mol. The van der Waals surface area contributed by atoms with E-state index in [1.54, 1.807) is 0 Å². The van der Waals surface area contributed by atoms with Crippen molar-refractivity contribution >= 4 is 17.9 Å². The summed E-state index contributed by atoms with van der Waals surface area (Å²) in [5, 5.41) is 0. The number of carbonyl (C=O) groups excluding carboxylic acids is 3. The van der Waals surface area contributed by atoms with Crippen LogP contribution in [-0.2, 0) is 28.6 Å². The molecule has 0 heterocycles. The molecule has 7 nitrogen and oxygen atoms in total. The van der Waals surface area contributed by atoms with Gasteiger partial charge in [-0.2, -0.15) is 0 Å². The second-order valence-electron chi connectivity index (χ2n) is 18.5. The van der Waals surface area contributed by atoms with Gasteiger partial charge in [0.2, 0.25) is 0 Å². The molecule has 0 aliphatic rings. The molecule has 0 fully saturated rings. The number of rotatable bonds is 50. The Morgan fingerprint density at radius 2 is 0.531 bits per heavy atom. The highest BCUT2D eigenvalue weighted by molar-refractivity contribution is 5.71. The zero-order valence-electron chi connectivity index (χ0n) is 42.8. The second-order valence-corrected chi connectivity index (χ2v) is 18.5. The summed E-state index contributed by atoms with van der Waals surface area (Å²) >= 11 is 0. The fourth-order valence-corrected chi connectivity index (χ4v) is 7.90. The minimum Gasteiger partial charge on any atom is -0.462 e. The zero-order chi connectivity index (χ0) is 45.8. The van der Waals surface area contributed by atoms with Crippen LogP contribution >= 0.6 is 0 Å². The van der Waals surface area contributed by atoms with Gasteiger partial charge in [0.25, 0.3) is 0 Å². The Morgan fingerprint density at radius 3 is 0.797 bits per heavy atom. The fourth-order valence-electron chi connectivity index (χ4n) is 7.90. The number of hydrogen-bond donors (Lipinski definition) is 1. The monoisotopic (exact) mass is 902 g/mol. The van der Waals surface area contributed by atoms with Crippen molar-refractivity contribution in [1.82, 2.24) is 6.15 Å². The second kappa shape index (κ2) is 54.9. The van der Waals surface area contributed by atoms with Gasteiger partial charge in [-0.1, -0.05) is 211 Å². The molecule has 0 saturated heterocycles. The summed E-state index contributed by atoms with van der Waals surface area (Å²) in [6.07, 6.45) is 61.2. The van der Waals surface area contributed by atoms with Gasteiger partial charge in [0.1, 0.15) is 13.2 Å². The van der Waals surface area contributed by atoms with Crippen LogP contribution in [0.15, 0.2) is 36.5 Å². The number of ether oxygens (including phenoxy) is 3. The third-order valence-electron chi connectivity index (χ3n) is 12.1. The summed E-state index contributed by atoms with van der Waals surface area (Å²) in [5.41, 5.74) is 0. The number of allylic oxidation sites excluding steroid dienone is 6. The van der Waals surface area contributed by atoms with Crippen LogP contribution in [0.5, 0.6) is 0 Å². The number of esters is 3. The lowest BCUT2D eigenvalue weighted by atomic mass is 10.1. The van der Waals surface area contributed by atoms with Gasteiger partial charge in [-0.25, -0.2) is 0 Å². The first-order valence-corrected chi connectivity index (χ1v) is 27.5. The summed E-state index contributed by atoms with van der Waals surface area (Å²) in [7, 11) is 0. The highest BCUT2D eigenvalue weighted by Crippen LogP contribution is 2.15. The predicted octanol–water partition coefficient (Wildman–Crippen LogP) is 18.3. The van der Waals surface area contributed by atoms with Crippen molar-refractivity contribution in [2.45, 2.75) is 297 Å². The van der Waals surface area contributed by atoms with Crippen LogP contribution in [0.2, 0.25) is 0 Å². The molecule has 0 bridgehead atoms. The van der Waals surface area contributed by atoms with Gasteiger partial charge in [-0.05, 0) is 96.3 Å². The molecule has 0 aliphatic carbocycles. The molecule has 0 aromatic heterocycles. The van der Waals surface area contributed by atoms with Crippen LogP contribution in [0.1, 0.15) is 290 Å². The van der Waals surface area contributed by atoms with Gasteiger partial charge in [0.15, 0.2) is 6.10 Å². The molecule has 7 heteroatoms. The Labute approximate surface area is 397 Å². The molecule has 0 aliphatic heterocycles. The van der Waals surface area contributed by atoms with Gasteiger partial charge in [0.05, 0.1) is 0 Å². The Hall–Kier alpha value is -2.41. The van der Waals surface area contributed by atoms with Crippen molar-refractivity contribution in [3.05, 3.63) is 36.5 Å². The summed E-state index contributed by atoms with van der Waals surface area (Å²) < 4.78 is 16.8. The van der Waals surface area contributed by atoms with E-state index in [1.807, 2.05) is 0 Å². The van der Waals surface area contributed by atoms with E-state index in [0.29, 0.717) is 19.3 Å². The van der Waals surface area contributed by atoms with Gasteiger partial charge < -0.3 is 20.4 Å². The summed E-state index contributed by atoms with van der Waals surface area (Å²) in [4.78, 5) is 38.0.